The summed E-state index contributed by atoms with van der Waals surface area (Å²) in [5, 5.41) is 6.19. The first-order valence-corrected chi connectivity index (χ1v) is 9.75. The number of primary amides is 1. The van der Waals surface area contributed by atoms with Crippen molar-refractivity contribution in [3.8, 4) is 0 Å². The number of pyridine rings is 2. The highest BCUT2D eigenvalue weighted by molar-refractivity contribution is 5.98. The fourth-order valence-corrected chi connectivity index (χ4v) is 3.69. The Labute approximate surface area is 163 Å². The maximum Gasteiger partial charge on any atom is 0.252 e. The molecule has 2 aromatic heterocycles. The predicted octanol–water partition coefficient (Wildman–Crippen LogP) is 3.02. The Hall–Kier alpha value is -2.74. The van der Waals surface area contributed by atoms with Gasteiger partial charge < -0.3 is 22.1 Å². The van der Waals surface area contributed by atoms with Crippen molar-refractivity contribution in [2.75, 3.05) is 10.6 Å². The number of amides is 1. The number of hydrogen-bond acceptors (Lipinski definition) is 6. The lowest BCUT2D eigenvalue weighted by Gasteiger charge is -2.30. The summed E-state index contributed by atoms with van der Waals surface area (Å²) in [6.45, 7) is 0. The van der Waals surface area contributed by atoms with Gasteiger partial charge in [0.25, 0.3) is 5.91 Å². The molecular weight excluding hydrogens is 359 g/mol. The van der Waals surface area contributed by atoms with Gasteiger partial charge in [0.1, 0.15) is 5.82 Å². The van der Waals surface area contributed by atoms with E-state index in [-0.39, 0.29) is 29.3 Å². The summed E-state index contributed by atoms with van der Waals surface area (Å²) in [6.07, 6.45) is 9.66. The number of aromatic nitrogens is 2. The normalized spacial score (nSPS) is 21.9. The van der Waals surface area contributed by atoms with E-state index in [4.69, 9.17) is 11.5 Å². The number of carbonyl (C=O) groups is 1. The Morgan fingerprint density at radius 3 is 2.61 bits per heavy atom. The summed E-state index contributed by atoms with van der Waals surface area (Å²) in [7, 11) is 0. The topological polar surface area (TPSA) is 119 Å². The van der Waals surface area contributed by atoms with E-state index in [1.807, 2.05) is 12.3 Å². The van der Waals surface area contributed by atoms with E-state index in [9.17, 15) is 9.18 Å². The van der Waals surface area contributed by atoms with Gasteiger partial charge in [0.2, 0.25) is 0 Å². The first kappa shape index (κ1) is 18.6. The fraction of sp³-hybridized carbons (Fsp3) is 0.450. The first-order chi connectivity index (χ1) is 13.5. The maximum atomic E-state index is 14.6. The molecule has 2 fully saturated rings. The van der Waals surface area contributed by atoms with Crippen molar-refractivity contribution in [2.45, 2.75) is 56.5 Å². The summed E-state index contributed by atoms with van der Waals surface area (Å²) >= 11 is 0. The third-order valence-corrected chi connectivity index (χ3v) is 5.45. The van der Waals surface area contributed by atoms with Crippen LogP contribution in [0.15, 0.2) is 24.5 Å². The van der Waals surface area contributed by atoms with Gasteiger partial charge in [0.15, 0.2) is 11.6 Å². The van der Waals surface area contributed by atoms with E-state index in [0.717, 1.165) is 50.2 Å². The summed E-state index contributed by atoms with van der Waals surface area (Å²) < 4.78 is 14.6. The number of rotatable bonds is 6. The molecule has 2 unspecified atom stereocenters. The minimum Gasteiger partial charge on any atom is -0.365 e. The Morgan fingerprint density at radius 1 is 1.11 bits per heavy atom. The van der Waals surface area contributed by atoms with Gasteiger partial charge in [-0.05, 0) is 49.3 Å². The van der Waals surface area contributed by atoms with Crippen LogP contribution in [0.5, 0.6) is 0 Å². The molecule has 2 aromatic rings. The van der Waals surface area contributed by atoms with Crippen LogP contribution in [-0.4, -0.2) is 28.0 Å². The zero-order chi connectivity index (χ0) is 19.7. The van der Waals surface area contributed by atoms with Crippen molar-refractivity contribution in [3.05, 3.63) is 41.5 Å². The van der Waals surface area contributed by atoms with E-state index >= 15 is 0 Å². The van der Waals surface area contributed by atoms with Crippen LogP contribution < -0.4 is 22.1 Å². The molecule has 6 N–H and O–H groups in total. The molecule has 0 aliphatic heterocycles. The summed E-state index contributed by atoms with van der Waals surface area (Å²) in [5.41, 5.74) is 13.4. The highest BCUT2D eigenvalue weighted by atomic mass is 19.1. The molecular formula is C20H25FN6O. The lowest BCUT2D eigenvalue weighted by atomic mass is 9.91. The zero-order valence-electron chi connectivity index (χ0n) is 15.6. The lowest BCUT2D eigenvalue weighted by Crippen LogP contribution is -2.43. The number of anilines is 3. The van der Waals surface area contributed by atoms with Crippen molar-refractivity contribution in [3.63, 3.8) is 0 Å². The zero-order valence-corrected chi connectivity index (χ0v) is 15.6. The van der Waals surface area contributed by atoms with Crippen LogP contribution in [0, 0.1) is 5.82 Å². The number of nitrogens with two attached hydrogens (primary N) is 2. The highest BCUT2D eigenvalue weighted by Crippen LogP contribution is 2.40. The molecule has 4 rings (SSSR count). The van der Waals surface area contributed by atoms with E-state index in [1.165, 1.54) is 0 Å². The molecule has 2 atom stereocenters. The van der Waals surface area contributed by atoms with Crippen LogP contribution in [-0.2, 0) is 0 Å². The third-order valence-electron chi connectivity index (χ3n) is 5.45. The average molecular weight is 384 g/mol. The number of halogens is 1. The van der Waals surface area contributed by atoms with Crippen LogP contribution >= 0.6 is 0 Å². The number of nitrogens with one attached hydrogen (secondary N) is 2. The molecule has 2 aliphatic carbocycles. The van der Waals surface area contributed by atoms with E-state index < -0.39 is 11.7 Å². The van der Waals surface area contributed by atoms with Crippen molar-refractivity contribution in [1.29, 1.82) is 0 Å². The van der Waals surface area contributed by atoms with Crippen LogP contribution in [0.25, 0.3) is 0 Å². The second-order valence-electron chi connectivity index (χ2n) is 7.68. The molecule has 8 heteroatoms. The standard InChI is InChI=1S/C20H25FN6O/c21-15-8-14(18(23)28)19(25-13-7-12(9-24-10-13)11-5-6-11)27-20(15)26-17-4-2-1-3-16(17)22/h7-11,16-17H,1-6,22H2,(H2,23,28)(H2,25,26,27). The largest absolute Gasteiger partial charge is 0.365 e. The third kappa shape index (κ3) is 4.06. The van der Waals surface area contributed by atoms with Gasteiger partial charge in [-0.3, -0.25) is 9.78 Å². The molecule has 1 amide bonds. The monoisotopic (exact) mass is 384 g/mol. The molecule has 148 valence electrons. The minimum atomic E-state index is -0.749. The molecule has 0 bridgehead atoms. The molecule has 0 aromatic carbocycles. The van der Waals surface area contributed by atoms with Gasteiger partial charge in [-0.25, -0.2) is 9.37 Å². The highest BCUT2D eigenvalue weighted by Gasteiger charge is 2.26. The molecule has 0 saturated heterocycles. The molecule has 28 heavy (non-hydrogen) atoms. The molecule has 2 aliphatic rings. The predicted molar refractivity (Wildman–Crippen MR) is 106 cm³/mol. The second kappa shape index (κ2) is 7.71. The van der Waals surface area contributed by atoms with Gasteiger partial charge >= 0.3 is 0 Å². The SMILES string of the molecule is NC(=O)c1cc(F)c(NC2CCCCC2N)nc1Nc1cncc(C2CC2)c1. The molecule has 2 saturated carbocycles. The Balaban J connectivity index is 1.62. The van der Waals surface area contributed by atoms with E-state index in [1.54, 1.807) is 6.20 Å². The average Bonchev–Trinajstić information content (AvgIpc) is 3.51. The van der Waals surface area contributed by atoms with Gasteiger partial charge in [0, 0.05) is 18.3 Å². The van der Waals surface area contributed by atoms with Crippen LogP contribution in [0.1, 0.15) is 60.4 Å². The second-order valence-corrected chi connectivity index (χ2v) is 7.68. The summed E-state index contributed by atoms with van der Waals surface area (Å²) in [5.74, 6) is -0.559. The van der Waals surface area contributed by atoms with E-state index in [2.05, 4.69) is 20.6 Å². The number of hydrogen-bond donors (Lipinski definition) is 4. The van der Waals surface area contributed by atoms with Crippen molar-refractivity contribution in [2.24, 2.45) is 11.5 Å². The molecule has 0 radical (unpaired) electrons. The van der Waals surface area contributed by atoms with E-state index in [0.29, 0.717) is 11.6 Å². The minimum absolute atomic E-state index is 0.00665. The summed E-state index contributed by atoms with van der Waals surface area (Å²) in [6, 6.07) is 2.99. The van der Waals surface area contributed by atoms with Crippen LogP contribution in [0.2, 0.25) is 0 Å². The lowest BCUT2D eigenvalue weighted by molar-refractivity contribution is 0.100. The van der Waals surface area contributed by atoms with Gasteiger partial charge in [0.05, 0.1) is 17.4 Å². The molecule has 2 heterocycles. The van der Waals surface area contributed by atoms with Crippen molar-refractivity contribution >= 4 is 23.2 Å². The summed E-state index contributed by atoms with van der Waals surface area (Å²) in [4.78, 5) is 20.4. The molecule has 7 nitrogen and oxygen atoms in total. The maximum absolute atomic E-state index is 14.6. The van der Waals surface area contributed by atoms with Crippen LogP contribution in [0.4, 0.5) is 21.7 Å². The Bertz CT molecular complexity index is 885. The van der Waals surface area contributed by atoms with Gasteiger partial charge in [-0.1, -0.05) is 12.8 Å². The van der Waals surface area contributed by atoms with Crippen LogP contribution in [0.3, 0.4) is 0 Å². The van der Waals surface area contributed by atoms with Gasteiger partial charge in [-0.2, -0.15) is 0 Å². The fourth-order valence-electron chi connectivity index (χ4n) is 3.69. The van der Waals surface area contributed by atoms with Gasteiger partial charge in [-0.15, -0.1) is 0 Å². The molecule has 0 spiro atoms. The number of nitrogens with zero attached hydrogens (tertiary/aromatic N) is 2. The first-order valence-electron chi connectivity index (χ1n) is 9.75. The van der Waals surface area contributed by atoms with Crippen molar-refractivity contribution < 1.29 is 9.18 Å². The Kier molecular flexibility index (Phi) is 5.13. The smallest absolute Gasteiger partial charge is 0.252 e. The van der Waals surface area contributed by atoms with Crippen molar-refractivity contribution in [1.82, 2.24) is 9.97 Å². The Morgan fingerprint density at radius 2 is 1.89 bits per heavy atom. The quantitative estimate of drug-likeness (QED) is 0.608. The number of carbonyl (C=O) groups excluding carboxylic acids is 1.